The van der Waals surface area contributed by atoms with Crippen molar-refractivity contribution in [3.63, 3.8) is 0 Å². The largest absolute Gasteiger partial charge is 0.497 e. The summed E-state index contributed by atoms with van der Waals surface area (Å²) >= 11 is 0. The number of nitrogens with one attached hydrogen (secondary N) is 2. The van der Waals surface area contributed by atoms with E-state index in [9.17, 15) is 4.79 Å². The Morgan fingerprint density at radius 3 is 2.67 bits per heavy atom. The molecule has 0 saturated carbocycles. The van der Waals surface area contributed by atoms with Crippen molar-refractivity contribution in [3.05, 3.63) is 42.7 Å². The highest BCUT2D eigenvalue weighted by atomic mass is 16.5. The maximum absolute atomic E-state index is 12.1. The molecule has 5 nitrogen and oxygen atoms in total. The molecule has 1 aromatic carbocycles. The summed E-state index contributed by atoms with van der Waals surface area (Å²) < 4.78 is 5.59. The van der Waals surface area contributed by atoms with E-state index in [0.29, 0.717) is 18.7 Å². The Balaban J connectivity index is 1.33. The molecule has 24 heavy (non-hydrogen) atoms. The zero-order valence-corrected chi connectivity index (χ0v) is 14.1. The van der Waals surface area contributed by atoms with Crippen LogP contribution in [0.3, 0.4) is 0 Å². The number of benzene rings is 1. The van der Waals surface area contributed by atoms with Gasteiger partial charge in [-0.05, 0) is 43.9 Å². The average molecular weight is 329 g/mol. The number of rotatable bonds is 6. The number of allylic oxidation sites excluding steroid dienone is 1. The van der Waals surface area contributed by atoms with Gasteiger partial charge in [0.15, 0.2) is 0 Å². The van der Waals surface area contributed by atoms with Gasteiger partial charge in [0.05, 0.1) is 12.8 Å². The molecule has 2 heterocycles. The van der Waals surface area contributed by atoms with Crippen LogP contribution in [0.25, 0.3) is 0 Å². The van der Waals surface area contributed by atoms with Crippen molar-refractivity contribution in [1.82, 2.24) is 10.2 Å². The van der Waals surface area contributed by atoms with Crippen molar-refractivity contribution in [2.45, 2.75) is 37.8 Å². The van der Waals surface area contributed by atoms with Crippen LogP contribution in [0.15, 0.2) is 42.7 Å². The van der Waals surface area contributed by atoms with E-state index in [-0.39, 0.29) is 5.91 Å². The summed E-state index contributed by atoms with van der Waals surface area (Å²) in [5.74, 6) is 0.0648. The third kappa shape index (κ3) is 5.35. The lowest BCUT2D eigenvalue weighted by Crippen LogP contribution is -2.46. The molecular formula is C19H27N3O2. The molecule has 1 atom stereocenters. The second-order valence-electron chi connectivity index (χ2n) is 6.58. The summed E-state index contributed by atoms with van der Waals surface area (Å²) in [4.78, 5) is 14.3. The third-order valence-corrected chi connectivity index (χ3v) is 4.67. The molecular weight excluding hydrogens is 302 g/mol. The van der Waals surface area contributed by atoms with Gasteiger partial charge >= 0.3 is 0 Å². The van der Waals surface area contributed by atoms with E-state index in [1.54, 1.807) is 0 Å². The molecule has 2 aliphatic rings. The van der Waals surface area contributed by atoms with Crippen molar-refractivity contribution in [1.29, 1.82) is 0 Å². The van der Waals surface area contributed by atoms with Gasteiger partial charge < -0.3 is 15.4 Å². The Kier molecular flexibility index (Phi) is 6.26. The third-order valence-electron chi connectivity index (χ3n) is 4.67. The zero-order chi connectivity index (χ0) is 16.6. The van der Waals surface area contributed by atoms with Crippen molar-refractivity contribution in [2.75, 3.05) is 31.5 Å². The molecule has 1 amide bonds. The normalized spacial score (nSPS) is 22.1. The van der Waals surface area contributed by atoms with Gasteiger partial charge in [-0.3, -0.25) is 9.69 Å². The lowest BCUT2D eigenvalue weighted by molar-refractivity contribution is -0.117. The number of ether oxygens (including phenoxy) is 1. The van der Waals surface area contributed by atoms with Gasteiger partial charge in [-0.1, -0.05) is 18.2 Å². The van der Waals surface area contributed by atoms with Crippen LogP contribution in [0.5, 0.6) is 0 Å². The van der Waals surface area contributed by atoms with Crippen LogP contribution in [-0.2, 0) is 9.53 Å². The first-order chi connectivity index (χ1) is 11.8. The van der Waals surface area contributed by atoms with Gasteiger partial charge in [0.1, 0.15) is 6.10 Å². The van der Waals surface area contributed by atoms with E-state index in [1.165, 1.54) is 0 Å². The van der Waals surface area contributed by atoms with Gasteiger partial charge in [-0.2, -0.15) is 0 Å². The molecule has 3 rings (SSSR count). The molecule has 2 aliphatic heterocycles. The summed E-state index contributed by atoms with van der Waals surface area (Å²) in [5, 5.41) is 6.57. The number of carbonyl (C=O) groups is 1. The summed E-state index contributed by atoms with van der Waals surface area (Å²) in [6, 6.07) is 10.2. The minimum atomic E-state index is 0.0648. The number of likely N-dealkylation sites (tertiary alicyclic amines) is 1. The van der Waals surface area contributed by atoms with Crippen LogP contribution in [0.1, 0.15) is 25.7 Å². The summed E-state index contributed by atoms with van der Waals surface area (Å²) in [5.41, 5.74) is 0.862. The van der Waals surface area contributed by atoms with E-state index < -0.39 is 0 Å². The Bertz CT molecular complexity index is 539. The van der Waals surface area contributed by atoms with Crippen molar-refractivity contribution in [3.8, 4) is 0 Å². The first kappa shape index (κ1) is 17.0. The van der Waals surface area contributed by atoms with Crippen molar-refractivity contribution >= 4 is 11.6 Å². The van der Waals surface area contributed by atoms with Gasteiger partial charge in [-0.15, -0.1) is 0 Å². The first-order valence-corrected chi connectivity index (χ1v) is 8.91. The fraction of sp³-hybridized carbons (Fsp3) is 0.526. The van der Waals surface area contributed by atoms with Gasteiger partial charge in [0.25, 0.3) is 0 Å². The second kappa shape index (κ2) is 8.85. The first-order valence-electron chi connectivity index (χ1n) is 8.91. The van der Waals surface area contributed by atoms with E-state index in [4.69, 9.17) is 4.74 Å². The lowest BCUT2D eigenvalue weighted by atomic mass is 10.0. The van der Waals surface area contributed by atoms with Crippen LogP contribution in [0.4, 0.5) is 5.69 Å². The predicted molar refractivity (Wildman–Crippen MR) is 95.8 cm³/mol. The number of para-hydroxylation sites is 1. The Morgan fingerprint density at radius 1 is 1.17 bits per heavy atom. The number of piperidine rings is 1. The molecule has 2 N–H and O–H groups in total. The summed E-state index contributed by atoms with van der Waals surface area (Å²) in [6.07, 6.45) is 8.59. The summed E-state index contributed by atoms with van der Waals surface area (Å²) in [7, 11) is 0. The fourth-order valence-corrected chi connectivity index (χ4v) is 3.25. The molecule has 1 fully saturated rings. The molecule has 5 heteroatoms. The highest BCUT2D eigenvalue weighted by molar-refractivity contribution is 5.92. The SMILES string of the molecule is O=C(CN1CCC(NC[C@@H]2CCC=CO2)CC1)Nc1ccccc1. The van der Waals surface area contributed by atoms with E-state index in [0.717, 1.165) is 51.0 Å². The number of nitrogens with zero attached hydrogens (tertiary/aromatic N) is 1. The minimum Gasteiger partial charge on any atom is -0.497 e. The average Bonchev–Trinajstić information content (AvgIpc) is 2.63. The lowest BCUT2D eigenvalue weighted by Gasteiger charge is -2.33. The maximum atomic E-state index is 12.1. The molecule has 130 valence electrons. The Labute approximate surface area is 144 Å². The van der Waals surface area contributed by atoms with Crippen LogP contribution in [0, 0.1) is 0 Å². The summed E-state index contributed by atoms with van der Waals surface area (Å²) in [6.45, 7) is 3.32. The molecule has 0 bridgehead atoms. The molecule has 0 radical (unpaired) electrons. The van der Waals surface area contributed by atoms with E-state index in [2.05, 4.69) is 21.6 Å². The fourth-order valence-electron chi connectivity index (χ4n) is 3.25. The number of hydrogen-bond donors (Lipinski definition) is 2. The maximum Gasteiger partial charge on any atom is 0.238 e. The quantitative estimate of drug-likeness (QED) is 0.841. The molecule has 0 spiro atoms. The number of carbonyl (C=O) groups excluding carboxylic acids is 1. The molecule has 1 aromatic rings. The van der Waals surface area contributed by atoms with Gasteiger partial charge in [-0.25, -0.2) is 0 Å². The van der Waals surface area contributed by atoms with Crippen LogP contribution >= 0.6 is 0 Å². The number of hydrogen-bond acceptors (Lipinski definition) is 4. The molecule has 0 unspecified atom stereocenters. The van der Waals surface area contributed by atoms with Crippen molar-refractivity contribution in [2.24, 2.45) is 0 Å². The van der Waals surface area contributed by atoms with Crippen LogP contribution in [-0.4, -0.2) is 49.1 Å². The monoisotopic (exact) mass is 329 g/mol. The Hall–Kier alpha value is -1.85. The second-order valence-corrected chi connectivity index (χ2v) is 6.58. The highest BCUT2D eigenvalue weighted by Gasteiger charge is 2.21. The highest BCUT2D eigenvalue weighted by Crippen LogP contribution is 2.13. The molecule has 0 aromatic heterocycles. The minimum absolute atomic E-state index is 0.0648. The standard InChI is InChI=1S/C19H27N3O2/c23-19(21-17-6-2-1-3-7-17)15-22-11-9-16(10-12-22)20-14-18-8-4-5-13-24-18/h1-3,5-7,13,16,18,20H,4,8-12,14-15H2,(H,21,23)/t18-/m0/s1. The zero-order valence-electron chi connectivity index (χ0n) is 14.1. The van der Waals surface area contributed by atoms with E-state index in [1.807, 2.05) is 36.6 Å². The number of anilines is 1. The number of amides is 1. The van der Waals surface area contributed by atoms with E-state index >= 15 is 0 Å². The van der Waals surface area contributed by atoms with Gasteiger partial charge in [0.2, 0.25) is 5.91 Å². The van der Waals surface area contributed by atoms with Gasteiger partial charge in [0, 0.05) is 31.4 Å². The van der Waals surface area contributed by atoms with Crippen LogP contribution in [0.2, 0.25) is 0 Å². The van der Waals surface area contributed by atoms with Crippen molar-refractivity contribution < 1.29 is 9.53 Å². The van der Waals surface area contributed by atoms with Crippen LogP contribution < -0.4 is 10.6 Å². The predicted octanol–water partition coefficient (Wildman–Crippen LogP) is 2.37. The Morgan fingerprint density at radius 2 is 1.96 bits per heavy atom. The molecule has 0 aliphatic carbocycles. The smallest absolute Gasteiger partial charge is 0.238 e. The molecule has 1 saturated heterocycles. The topological polar surface area (TPSA) is 53.6 Å².